The Morgan fingerprint density at radius 1 is 1.16 bits per heavy atom. The quantitative estimate of drug-likeness (QED) is 0.630. The number of sulfonamides is 1. The van der Waals surface area contributed by atoms with Gasteiger partial charge in [-0.3, -0.25) is 4.31 Å². The van der Waals surface area contributed by atoms with Crippen LogP contribution in [-0.4, -0.2) is 24.9 Å². The van der Waals surface area contributed by atoms with E-state index in [1.54, 1.807) is 35.6 Å². The number of para-hydroxylation sites is 1. The maximum absolute atomic E-state index is 12.9. The molecule has 2 heterocycles. The minimum Gasteiger partial charge on any atom is -0.267 e. The number of hydrogen-bond donors (Lipinski definition) is 0. The third kappa shape index (κ3) is 4.02. The van der Waals surface area contributed by atoms with Crippen LogP contribution < -0.4 is 4.31 Å². The fraction of sp³-hybridized carbons (Fsp3) is 0.176. The monoisotopic (exact) mass is 391 g/mol. The molecule has 0 spiro atoms. The molecular formula is C17H17N3O2S3. The Morgan fingerprint density at radius 3 is 2.48 bits per heavy atom. The highest BCUT2D eigenvalue weighted by molar-refractivity contribution is 8.01. The van der Waals surface area contributed by atoms with E-state index in [-0.39, 0.29) is 4.90 Å². The largest absolute Gasteiger partial charge is 0.267 e. The van der Waals surface area contributed by atoms with Crippen LogP contribution in [0.5, 0.6) is 0 Å². The minimum absolute atomic E-state index is 0.179. The second-order valence-corrected chi connectivity index (χ2v) is 9.18. The van der Waals surface area contributed by atoms with Crippen molar-refractivity contribution >= 4 is 38.8 Å². The number of rotatable bonds is 6. The van der Waals surface area contributed by atoms with Gasteiger partial charge in [-0.1, -0.05) is 18.2 Å². The van der Waals surface area contributed by atoms with Crippen molar-refractivity contribution in [1.82, 2.24) is 9.97 Å². The molecule has 8 heteroatoms. The van der Waals surface area contributed by atoms with Gasteiger partial charge in [-0.15, -0.1) is 11.3 Å². The number of thiazole rings is 1. The molecule has 0 aliphatic carbocycles. The average molecular weight is 392 g/mol. The highest BCUT2D eigenvalue weighted by Gasteiger charge is 2.23. The van der Waals surface area contributed by atoms with E-state index < -0.39 is 10.0 Å². The lowest BCUT2D eigenvalue weighted by atomic mass is 10.3. The van der Waals surface area contributed by atoms with Crippen molar-refractivity contribution in [3.63, 3.8) is 0 Å². The second-order valence-electron chi connectivity index (χ2n) is 5.19. The van der Waals surface area contributed by atoms with E-state index in [0.29, 0.717) is 12.2 Å². The number of nitrogens with zero attached hydrogens (tertiary/aromatic N) is 3. The predicted molar refractivity (Wildman–Crippen MR) is 102 cm³/mol. The van der Waals surface area contributed by atoms with Crippen molar-refractivity contribution in [3.05, 3.63) is 59.7 Å². The van der Waals surface area contributed by atoms with E-state index in [2.05, 4.69) is 9.97 Å². The molecule has 0 atom stereocenters. The third-order valence-electron chi connectivity index (χ3n) is 3.42. The Bertz CT molecular complexity index is 939. The van der Waals surface area contributed by atoms with Crippen molar-refractivity contribution in [2.75, 3.05) is 10.8 Å². The number of anilines is 1. The number of pyridine rings is 1. The fourth-order valence-electron chi connectivity index (χ4n) is 2.26. The molecule has 0 unspecified atom stereocenters. The normalized spacial score (nSPS) is 11.4. The zero-order chi connectivity index (χ0) is 17.9. The standard InChI is InChI=1S/C17H17N3O2S3/c1-3-20(14-7-5-4-6-8-14)25(21,22)15-9-10-16(18-11-15)24-17-19-13(2)12-23-17/h4-12H,3H2,1-2H3. The van der Waals surface area contributed by atoms with E-state index in [4.69, 9.17) is 0 Å². The van der Waals surface area contributed by atoms with Gasteiger partial charge in [0.15, 0.2) is 4.34 Å². The SMILES string of the molecule is CCN(c1ccccc1)S(=O)(=O)c1ccc(Sc2nc(C)cs2)nc1. The van der Waals surface area contributed by atoms with E-state index >= 15 is 0 Å². The zero-order valence-corrected chi connectivity index (χ0v) is 16.2. The van der Waals surface area contributed by atoms with Gasteiger partial charge >= 0.3 is 0 Å². The molecule has 0 bridgehead atoms. The number of aromatic nitrogens is 2. The van der Waals surface area contributed by atoms with Crippen molar-refractivity contribution in [2.24, 2.45) is 0 Å². The summed E-state index contributed by atoms with van der Waals surface area (Å²) in [6.45, 7) is 4.10. The van der Waals surface area contributed by atoms with Gasteiger partial charge < -0.3 is 0 Å². The summed E-state index contributed by atoms with van der Waals surface area (Å²) >= 11 is 2.97. The fourth-order valence-corrected chi connectivity index (χ4v) is 5.40. The van der Waals surface area contributed by atoms with Crippen LogP contribution in [0.2, 0.25) is 0 Å². The summed E-state index contributed by atoms with van der Waals surface area (Å²) in [5.74, 6) is 0. The van der Waals surface area contributed by atoms with Gasteiger partial charge in [0, 0.05) is 23.8 Å². The van der Waals surface area contributed by atoms with Crippen LogP contribution in [-0.2, 0) is 10.0 Å². The third-order valence-corrected chi connectivity index (χ3v) is 7.31. The molecule has 5 nitrogen and oxygen atoms in total. The van der Waals surface area contributed by atoms with Gasteiger partial charge in [0.05, 0.1) is 5.69 Å². The van der Waals surface area contributed by atoms with Crippen molar-refractivity contribution < 1.29 is 8.42 Å². The number of benzene rings is 1. The molecule has 3 rings (SSSR count). The van der Waals surface area contributed by atoms with Gasteiger partial charge in [0.25, 0.3) is 10.0 Å². The molecule has 0 fully saturated rings. The first-order valence-corrected chi connectivity index (χ1v) is 10.8. The molecule has 0 saturated carbocycles. The molecule has 0 amide bonds. The van der Waals surface area contributed by atoms with Crippen LogP contribution in [0.25, 0.3) is 0 Å². The molecule has 130 valence electrons. The van der Waals surface area contributed by atoms with Crippen LogP contribution in [0.3, 0.4) is 0 Å². The summed E-state index contributed by atoms with van der Waals surface area (Å²) in [5.41, 5.74) is 1.61. The first-order valence-electron chi connectivity index (χ1n) is 7.64. The van der Waals surface area contributed by atoms with Gasteiger partial charge in [-0.05, 0) is 49.9 Å². The van der Waals surface area contributed by atoms with Gasteiger partial charge in [-0.2, -0.15) is 0 Å². The summed E-state index contributed by atoms with van der Waals surface area (Å²) in [4.78, 5) is 8.84. The highest BCUT2D eigenvalue weighted by Crippen LogP contribution is 2.30. The summed E-state index contributed by atoms with van der Waals surface area (Å²) < 4.78 is 28.1. The van der Waals surface area contributed by atoms with Gasteiger partial charge in [-0.25, -0.2) is 18.4 Å². The molecule has 3 aromatic rings. The first-order chi connectivity index (χ1) is 12.0. The molecule has 1 aromatic carbocycles. The summed E-state index contributed by atoms with van der Waals surface area (Å²) in [6, 6.07) is 12.4. The second kappa shape index (κ2) is 7.55. The first kappa shape index (κ1) is 17.9. The summed E-state index contributed by atoms with van der Waals surface area (Å²) in [5, 5.41) is 2.69. The van der Waals surface area contributed by atoms with Crippen LogP contribution in [0.15, 0.2) is 68.3 Å². The minimum atomic E-state index is -3.64. The lowest BCUT2D eigenvalue weighted by Crippen LogP contribution is -2.30. The molecule has 25 heavy (non-hydrogen) atoms. The van der Waals surface area contributed by atoms with E-state index in [9.17, 15) is 8.42 Å². The Kier molecular flexibility index (Phi) is 5.41. The number of hydrogen-bond acceptors (Lipinski definition) is 6. The maximum Gasteiger partial charge on any atom is 0.265 e. The molecular weight excluding hydrogens is 374 g/mol. The molecule has 0 aliphatic heterocycles. The Labute approximate surface area is 155 Å². The van der Waals surface area contributed by atoms with Gasteiger partial charge in [0.1, 0.15) is 9.92 Å². The smallest absolute Gasteiger partial charge is 0.265 e. The molecule has 0 saturated heterocycles. The summed E-state index contributed by atoms with van der Waals surface area (Å²) in [6.07, 6.45) is 1.41. The van der Waals surface area contributed by atoms with Crippen LogP contribution in [0, 0.1) is 6.92 Å². The van der Waals surface area contributed by atoms with Crippen LogP contribution in [0.1, 0.15) is 12.6 Å². The van der Waals surface area contributed by atoms with Crippen molar-refractivity contribution in [1.29, 1.82) is 0 Å². The molecule has 0 radical (unpaired) electrons. The Morgan fingerprint density at radius 2 is 1.92 bits per heavy atom. The van der Waals surface area contributed by atoms with Gasteiger partial charge in [0.2, 0.25) is 0 Å². The lowest BCUT2D eigenvalue weighted by molar-refractivity contribution is 0.591. The van der Waals surface area contributed by atoms with Crippen molar-refractivity contribution in [3.8, 4) is 0 Å². The van der Waals surface area contributed by atoms with E-state index in [0.717, 1.165) is 15.1 Å². The predicted octanol–water partition coefficient (Wildman–Crippen LogP) is 4.21. The number of aryl methyl sites for hydroxylation is 1. The maximum atomic E-state index is 12.9. The molecule has 0 N–H and O–H groups in total. The van der Waals surface area contributed by atoms with Crippen LogP contribution >= 0.6 is 23.1 Å². The highest BCUT2D eigenvalue weighted by atomic mass is 32.2. The lowest BCUT2D eigenvalue weighted by Gasteiger charge is -2.22. The zero-order valence-electron chi connectivity index (χ0n) is 13.8. The topological polar surface area (TPSA) is 63.2 Å². The summed E-state index contributed by atoms with van der Waals surface area (Å²) in [7, 11) is -3.64. The van der Waals surface area contributed by atoms with Crippen LogP contribution in [0.4, 0.5) is 5.69 Å². The van der Waals surface area contributed by atoms with E-state index in [1.165, 1.54) is 22.3 Å². The van der Waals surface area contributed by atoms with E-state index in [1.807, 2.05) is 37.4 Å². The Hall–Kier alpha value is -1.90. The Balaban J connectivity index is 1.84. The molecule has 0 aliphatic rings. The average Bonchev–Trinajstić information content (AvgIpc) is 3.01. The van der Waals surface area contributed by atoms with Crippen molar-refractivity contribution in [2.45, 2.75) is 28.1 Å². The molecule has 2 aromatic heterocycles.